The van der Waals surface area contributed by atoms with Crippen LogP contribution in [0.15, 0.2) is 41.8 Å². The van der Waals surface area contributed by atoms with Gasteiger partial charge in [0.05, 0.1) is 32.7 Å². The molecule has 1 aromatic carbocycles. The van der Waals surface area contributed by atoms with Crippen LogP contribution in [0.2, 0.25) is 0 Å². The Hall–Kier alpha value is -4.09. The molecule has 0 aliphatic carbocycles. The van der Waals surface area contributed by atoms with Gasteiger partial charge in [0.25, 0.3) is 5.91 Å². The topological polar surface area (TPSA) is 105 Å². The Morgan fingerprint density at radius 3 is 2.69 bits per heavy atom. The second-order valence-corrected chi connectivity index (χ2v) is 8.87. The smallest absolute Gasteiger partial charge is 0.283 e. The number of carbonyl (C=O) groups excluding carboxylic acids is 1. The SMILES string of the molecule is COCc1cc(C)nc2sc(C(=O)N/N=C\c3cc4c(c(OC)c3OC)OCO4)c(-n3cccc3)c12. The van der Waals surface area contributed by atoms with Gasteiger partial charge >= 0.3 is 0 Å². The normalized spacial score (nSPS) is 12.4. The molecule has 0 unspecified atom stereocenters. The van der Waals surface area contributed by atoms with Gasteiger partial charge in [0.2, 0.25) is 18.3 Å². The predicted molar refractivity (Wildman–Crippen MR) is 135 cm³/mol. The molecule has 10 nitrogen and oxygen atoms in total. The Labute approximate surface area is 211 Å². The number of thiophene rings is 1. The number of nitrogens with one attached hydrogen (secondary N) is 1. The van der Waals surface area contributed by atoms with E-state index in [1.165, 1.54) is 31.8 Å². The monoisotopic (exact) mass is 508 g/mol. The average Bonchev–Trinajstić information content (AvgIpc) is 3.62. The molecule has 4 aromatic rings. The quantitative estimate of drug-likeness (QED) is 0.283. The van der Waals surface area contributed by atoms with E-state index < -0.39 is 0 Å². The number of hydrogen-bond donors (Lipinski definition) is 1. The van der Waals surface area contributed by atoms with Gasteiger partial charge in [0.15, 0.2) is 11.5 Å². The van der Waals surface area contributed by atoms with E-state index in [9.17, 15) is 4.79 Å². The summed E-state index contributed by atoms with van der Waals surface area (Å²) in [5.41, 5.74) is 5.73. The number of methoxy groups -OCH3 is 3. The van der Waals surface area contributed by atoms with Crippen LogP contribution < -0.4 is 24.4 Å². The molecule has 3 aromatic heterocycles. The second-order valence-electron chi connectivity index (χ2n) is 7.87. The average molecular weight is 509 g/mol. The molecular formula is C25H24N4O6S. The standard InChI is InChI=1S/C25H24N4O6S/c1-14-9-16(12-31-2)18-19(29-7-5-6-8-29)23(36-25(18)27-14)24(30)28-26-11-15-10-17-21(35-13-34-17)22(33-4)20(15)32-3/h5-11H,12-13H2,1-4H3,(H,28,30)/b26-11-. The fourth-order valence-electron chi connectivity index (χ4n) is 4.17. The first-order valence-electron chi connectivity index (χ1n) is 11.0. The van der Waals surface area contributed by atoms with Gasteiger partial charge in [0, 0.05) is 36.1 Å². The highest BCUT2D eigenvalue weighted by molar-refractivity contribution is 7.21. The van der Waals surface area contributed by atoms with E-state index in [0.29, 0.717) is 40.0 Å². The molecule has 0 spiro atoms. The number of hydrazone groups is 1. The van der Waals surface area contributed by atoms with Crippen molar-refractivity contribution in [1.82, 2.24) is 15.0 Å². The van der Waals surface area contributed by atoms with E-state index >= 15 is 0 Å². The molecule has 0 saturated heterocycles. The molecule has 1 aliphatic rings. The number of benzene rings is 1. The fraction of sp³-hybridized carbons (Fsp3) is 0.240. The maximum absolute atomic E-state index is 13.4. The summed E-state index contributed by atoms with van der Waals surface area (Å²) < 4.78 is 29.2. The summed E-state index contributed by atoms with van der Waals surface area (Å²) in [7, 11) is 4.68. The van der Waals surface area contributed by atoms with E-state index in [2.05, 4.69) is 15.5 Å². The van der Waals surface area contributed by atoms with Crippen LogP contribution in [0, 0.1) is 6.92 Å². The maximum atomic E-state index is 13.4. The van der Waals surface area contributed by atoms with Crippen molar-refractivity contribution in [3.05, 3.63) is 58.4 Å². The lowest BCUT2D eigenvalue weighted by Gasteiger charge is -2.12. The van der Waals surface area contributed by atoms with Crippen molar-refractivity contribution in [1.29, 1.82) is 0 Å². The predicted octanol–water partition coefficient (Wildman–Crippen LogP) is 4.05. The summed E-state index contributed by atoms with van der Waals surface area (Å²) in [6.45, 7) is 2.40. The molecule has 0 radical (unpaired) electrons. The molecule has 0 atom stereocenters. The summed E-state index contributed by atoms with van der Waals surface area (Å²) in [4.78, 5) is 19.2. The molecule has 0 saturated carbocycles. The van der Waals surface area contributed by atoms with Crippen molar-refractivity contribution < 1.29 is 28.5 Å². The lowest BCUT2D eigenvalue weighted by molar-refractivity contribution is 0.0959. The van der Waals surface area contributed by atoms with E-state index in [1.54, 1.807) is 13.2 Å². The summed E-state index contributed by atoms with van der Waals surface area (Å²) >= 11 is 1.31. The number of pyridine rings is 1. The van der Waals surface area contributed by atoms with Crippen LogP contribution in [0.25, 0.3) is 15.9 Å². The fourth-order valence-corrected chi connectivity index (χ4v) is 5.32. The highest BCUT2D eigenvalue weighted by atomic mass is 32.1. The number of ether oxygens (including phenoxy) is 5. The van der Waals surface area contributed by atoms with Crippen molar-refractivity contribution in [3.63, 3.8) is 0 Å². The number of nitrogens with zero attached hydrogens (tertiary/aromatic N) is 3. The molecule has 1 N–H and O–H groups in total. The minimum atomic E-state index is -0.370. The number of rotatable bonds is 8. The molecule has 0 fully saturated rings. The Kier molecular flexibility index (Phi) is 6.49. The molecule has 11 heteroatoms. The van der Waals surface area contributed by atoms with Crippen LogP contribution >= 0.6 is 11.3 Å². The Morgan fingerprint density at radius 1 is 1.19 bits per heavy atom. The first-order valence-corrected chi connectivity index (χ1v) is 11.8. The van der Waals surface area contributed by atoms with Crippen LogP contribution in [0.4, 0.5) is 0 Å². The van der Waals surface area contributed by atoms with Crippen molar-refractivity contribution in [2.24, 2.45) is 5.10 Å². The number of amides is 1. The number of aryl methyl sites for hydroxylation is 1. The number of hydrogen-bond acceptors (Lipinski definition) is 9. The van der Waals surface area contributed by atoms with Gasteiger partial charge in [-0.15, -0.1) is 11.3 Å². The third-order valence-electron chi connectivity index (χ3n) is 5.60. The van der Waals surface area contributed by atoms with Gasteiger partial charge in [-0.1, -0.05) is 0 Å². The van der Waals surface area contributed by atoms with Crippen molar-refractivity contribution >= 4 is 33.7 Å². The van der Waals surface area contributed by atoms with Gasteiger partial charge in [-0.25, -0.2) is 10.4 Å². The zero-order chi connectivity index (χ0) is 25.2. The third-order valence-corrected chi connectivity index (χ3v) is 6.67. The minimum absolute atomic E-state index is 0.0822. The summed E-state index contributed by atoms with van der Waals surface area (Å²) in [5.74, 6) is 1.41. The van der Waals surface area contributed by atoms with E-state index in [1.807, 2.05) is 42.1 Å². The highest BCUT2D eigenvalue weighted by Gasteiger charge is 2.26. The first-order chi connectivity index (χ1) is 17.5. The number of fused-ring (bicyclic) bond motifs is 2. The summed E-state index contributed by atoms with van der Waals surface area (Å²) in [5, 5.41) is 5.07. The number of carbonyl (C=O) groups is 1. The zero-order valence-electron chi connectivity index (χ0n) is 20.2. The van der Waals surface area contributed by atoms with Crippen LogP contribution in [0.1, 0.15) is 26.5 Å². The van der Waals surface area contributed by atoms with E-state index in [0.717, 1.165) is 27.2 Å². The molecular weight excluding hydrogens is 484 g/mol. The molecule has 1 amide bonds. The van der Waals surface area contributed by atoms with Crippen LogP contribution in [-0.4, -0.2) is 49.8 Å². The van der Waals surface area contributed by atoms with Gasteiger partial charge in [-0.05, 0) is 36.8 Å². The van der Waals surface area contributed by atoms with Gasteiger partial charge < -0.3 is 28.3 Å². The first kappa shape index (κ1) is 23.6. The minimum Gasteiger partial charge on any atom is -0.492 e. The van der Waals surface area contributed by atoms with Crippen molar-refractivity contribution in [3.8, 4) is 28.7 Å². The zero-order valence-corrected chi connectivity index (χ0v) is 21.0. The molecule has 1 aliphatic heterocycles. The van der Waals surface area contributed by atoms with Gasteiger partial charge in [-0.3, -0.25) is 4.79 Å². The summed E-state index contributed by atoms with van der Waals surface area (Å²) in [6.07, 6.45) is 5.26. The lowest BCUT2D eigenvalue weighted by Crippen LogP contribution is -2.18. The Bertz CT molecular complexity index is 1460. The van der Waals surface area contributed by atoms with E-state index in [4.69, 9.17) is 23.7 Å². The van der Waals surface area contributed by atoms with Crippen LogP contribution in [0.3, 0.4) is 0 Å². The molecule has 186 valence electrons. The Morgan fingerprint density at radius 2 is 1.97 bits per heavy atom. The lowest BCUT2D eigenvalue weighted by atomic mass is 10.1. The van der Waals surface area contributed by atoms with E-state index in [-0.39, 0.29) is 12.7 Å². The molecule has 4 heterocycles. The van der Waals surface area contributed by atoms with Crippen molar-refractivity contribution in [2.45, 2.75) is 13.5 Å². The molecule has 5 rings (SSSR count). The Balaban J connectivity index is 1.52. The van der Waals surface area contributed by atoms with Crippen LogP contribution in [0.5, 0.6) is 23.0 Å². The third kappa shape index (κ3) is 4.12. The summed E-state index contributed by atoms with van der Waals surface area (Å²) in [6, 6.07) is 7.50. The van der Waals surface area contributed by atoms with Crippen molar-refractivity contribution in [2.75, 3.05) is 28.1 Å². The number of aromatic nitrogens is 2. The largest absolute Gasteiger partial charge is 0.492 e. The molecule has 0 bridgehead atoms. The second kappa shape index (κ2) is 9.88. The maximum Gasteiger partial charge on any atom is 0.283 e. The molecule has 36 heavy (non-hydrogen) atoms. The van der Waals surface area contributed by atoms with Gasteiger partial charge in [0.1, 0.15) is 9.71 Å². The highest BCUT2D eigenvalue weighted by Crippen LogP contribution is 2.48. The van der Waals surface area contributed by atoms with Crippen LogP contribution in [-0.2, 0) is 11.3 Å². The van der Waals surface area contributed by atoms with Gasteiger partial charge in [-0.2, -0.15) is 5.10 Å².